The van der Waals surface area contributed by atoms with E-state index < -0.39 is 17.9 Å². The van der Waals surface area contributed by atoms with Gasteiger partial charge in [-0.05, 0) is 37.9 Å². The molecular weight excluding hydrogens is 390 g/mol. The lowest BCUT2D eigenvalue weighted by atomic mass is 10.0. The van der Waals surface area contributed by atoms with Gasteiger partial charge in [-0.1, -0.05) is 36.8 Å². The van der Waals surface area contributed by atoms with Crippen LogP contribution >= 0.6 is 11.3 Å². The van der Waals surface area contributed by atoms with E-state index in [0.29, 0.717) is 23.5 Å². The molecule has 2 amide bonds. The lowest BCUT2D eigenvalue weighted by molar-refractivity contribution is -0.126. The second-order valence-corrected chi connectivity index (χ2v) is 7.92. The first-order valence-electron chi connectivity index (χ1n) is 9.69. The fourth-order valence-electron chi connectivity index (χ4n) is 3.45. The molecule has 0 unspecified atom stereocenters. The zero-order valence-electron chi connectivity index (χ0n) is 16.3. The third kappa shape index (κ3) is 5.21. The molecule has 0 radical (unpaired) electrons. The van der Waals surface area contributed by atoms with Crippen LogP contribution in [0, 0.1) is 0 Å². The van der Waals surface area contributed by atoms with Gasteiger partial charge in [0, 0.05) is 4.88 Å². The van der Waals surface area contributed by atoms with Crippen molar-refractivity contribution in [1.82, 2.24) is 4.90 Å². The highest BCUT2D eigenvalue weighted by Crippen LogP contribution is 2.35. The van der Waals surface area contributed by atoms with E-state index in [4.69, 9.17) is 10.5 Å². The molecule has 1 atom stereocenters. The van der Waals surface area contributed by atoms with Gasteiger partial charge in [-0.25, -0.2) is 4.79 Å². The van der Waals surface area contributed by atoms with Crippen LogP contribution in [0.3, 0.4) is 0 Å². The summed E-state index contributed by atoms with van der Waals surface area (Å²) in [6.45, 7) is 2.68. The lowest BCUT2D eigenvalue weighted by Gasteiger charge is -2.32. The van der Waals surface area contributed by atoms with E-state index in [9.17, 15) is 14.4 Å². The van der Waals surface area contributed by atoms with Gasteiger partial charge < -0.3 is 15.8 Å². The van der Waals surface area contributed by atoms with Crippen LogP contribution in [0.4, 0.5) is 5.69 Å². The van der Waals surface area contributed by atoms with E-state index in [-0.39, 0.29) is 19.1 Å². The highest BCUT2D eigenvalue weighted by atomic mass is 32.1. The van der Waals surface area contributed by atoms with E-state index in [1.165, 1.54) is 11.3 Å². The first kappa shape index (κ1) is 21.0. The average molecular weight is 416 g/mol. The molecule has 0 saturated carbocycles. The Balaban J connectivity index is 1.79. The molecule has 2 aromatic rings. The number of esters is 1. The van der Waals surface area contributed by atoms with Crippen molar-refractivity contribution >= 4 is 34.8 Å². The third-order valence-corrected chi connectivity index (χ3v) is 5.98. The average Bonchev–Trinajstić information content (AvgIpc) is 3.13. The Hall–Kier alpha value is -2.71. The van der Waals surface area contributed by atoms with Gasteiger partial charge >= 0.3 is 5.97 Å². The van der Waals surface area contributed by atoms with Crippen LogP contribution in [-0.2, 0) is 14.3 Å². The molecule has 1 aromatic heterocycles. The number of carbonyl (C=O) groups excluding carboxylic acids is 3. The van der Waals surface area contributed by atoms with Gasteiger partial charge in [0.2, 0.25) is 11.8 Å². The molecule has 7 nitrogen and oxygen atoms in total. The van der Waals surface area contributed by atoms with Crippen LogP contribution in [0.25, 0.3) is 10.4 Å². The number of nitrogens with one attached hydrogen (secondary N) is 1. The number of amides is 2. The smallest absolute Gasteiger partial charge is 0.350 e. The van der Waals surface area contributed by atoms with Crippen molar-refractivity contribution in [3.05, 3.63) is 41.3 Å². The quantitative estimate of drug-likeness (QED) is 0.677. The lowest BCUT2D eigenvalue weighted by Crippen LogP contribution is -2.50. The molecule has 154 valence electrons. The van der Waals surface area contributed by atoms with Gasteiger partial charge in [-0.3, -0.25) is 14.5 Å². The first-order valence-corrected chi connectivity index (χ1v) is 10.5. The van der Waals surface area contributed by atoms with Crippen LogP contribution in [0.2, 0.25) is 0 Å². The summed E-state index contributed by atoms with van der Waals surface area (Å²) < 4.78 is 5.15. The van der Waals surface area contributed by atoms with Gasteiger partial charge in [0.15, 0.2) is 0 Å². The minimum Gasteiger partial charge on any atom is -0.462 e. The summed E-state index contributed by atoms with van der Waals surface area (Å²) in [4.78, 5) is 39.7. The predicted octanol–water partition coefficient (Wildman–Crippen LogP) is 2.87. The van der Waals surface area contributed by atoms with E-state index in [2.05, 4.69) is 5.32 Å². The summed E-state index contributed by atoms with van der Waals surface area (Å²) in [7, 11) is 0. The summed E-state index contributed by atoms with van der Waals surface area (Å²) >= 11 is 1.28. The van der Waals surface area contributed by atoms with Crippen molar-refractivity contribution in [2.75, 3.05) is 25.0 Å². The third-order valence-electron chi connectivity index (χ3n) is 4.81. The van der Waals surface area contributed by atoms with Gasteiger partial charge in [-0.15, -0.1) is 11.3 Å². The molecule has 29 heavy (non-hydrogen) atoms. The minimum atomic E-state index is -0.469. The maximum absolute atomic E-state index is 12.7. The molecule has 0 spiro atoms. The zero-order chi connectivity index (χ0) is 20.8. The van der Waals surface area contributed by atoms with Crippen molar-refractivity contribution in [2.45, 2.75) is 32.2 Å². The molecule has 0 aliphatic carbocycles. The Labute approximate surface area is 173 Å². The molecule has 1 aliphatic rings. The molecular formula is C21H25N3O4S. The number of hydrogen-bond donors (Lipinski definition) is 2. The number of nitrogens with zero attached hydrogens (tertiary/aromatic N) is 1. The molecule has 1 saturated heterocycles. The molecule has 1 aliphatic heterocycles. The Morgan fingerprint density at radius 1 is 1.24 bits per heavy atom. The topological polar surface area (TPSA) is 102 Å². The minimum absolute atomic E-state index is 0.0480. The zero-order valence-corrected chi connectivity index (χ0v) is 17.2. The second kappa shape index (κ2) is 9.67. The van der Waals surface area contributed by atoms with Crippen molar-refractivity contribution in [3.63, 3.8) is 0 Å². The number of thiophene rings is 1. The van der Waals surface area contributed by atoms with Crippen LogP contribution in [0.1, 0.15) is 35.9 Å². The van der Waals surface area contributed by atoms with E-state index in [1.54, 1.807) is 17.9 Å². The molecule has 1 fully saturated rings. The molecule has 2 heterocycles. The van der Waals surface area contributed by atoms with Crippen molar-refractivity contribution in [2.24, 2.45) is 5.73 Å². The Morgan fingerprint density at radius 2 is 2.00 bits per heavy atom. The number of primary amides is 1. The number of rotatable bonds is 7. The number of anilines is 1. The largest absolute Gasteiger partial charge is 0.462 e. The SMILES string of the molecule is CCOC(=O)c1sc(-c2ccccc2)cc1NC(=O)CN1CCCC[C@@H]1C(N)=O. The van der Waals surface area contributed by atoms with Crippen molar-refractivity contribution in [3.8, 4) is 10.4 Å². The number of likely N-dealkylation sites (tertiary alicyclic amines) is 1. The van der Waals surface area contributed by atoms with Gasteiger partial charge in [0.25, 0.3) is 0 Å². The summed E-state index contributed by atoms with van der Waals surface area (Å²) in [6, 6.07) is 11.0. The highest BCUT2D eigenvalue weighted by Gasteiger charge is 2.29. The molecule has 0 bridgehead atoms. The van der Waals surface area contributed by atoms with Gasteiger partial charge in [0.05, 0.1) is 24.9 Å². The Morgan fingerprint density at radius 3 is 2.69 bits per heavy atom. The monoisotopic (exact) mass is 415 g/mol. The predicted molar refractivity (Wildman–Crippen MR) is 113 cm³/mol. The maximum Gasteiger partial charge on any atom is 0.350 e. The fourth-order valence-corrected chi connectivity index (χ4v) is 4.47. The Bertz CT molecular complexity index is 881. The molecule has 3 N–H and O–H groups in total. The summed E-state index contributed by atoms with van der Waals surface area (Å²) in [5.41, 5.74) is 6.85. The number of hydrogen-bond acceptors (Lipinski definition) is 6. The van der Waals surface area contributed by atoms with E-state index in [1.807, 2.05) is 30.3 Å². The Kier molecular flexibility index (Phi) is 7.00. The first-order chi connectivity index (χ1) is 14.0. The maximum atomic E-state index is 12.7. The number of ether oxygens (including phenoxy) is 1. The second-order valence-electron chi connectivity index (χ2n) is 6.87. The number of piperidine rings is 1. The van der Waals surface area contributed by atoms with E-state index in [0.717, 1.165) is 23.3 Å². The normalized spacial score (nSPS) is 16.9. The fraction of sp³-hybridized carbons (Fsp3) is 0.381. The van der Waals surface area contributed by atoms with Crippen molar-refractivity contribution < 1.29 is 19.1 Å². The van der Waals surface area contributed by atoms with Gasteiger partial charge in [-0.2, -0.15) is 0 Å². The summed E-state index contributed by atoms with van der Waals surface area (Å²) in [5, 5.41) is 2.82. The summed E-state index contributed by atoms with van der Waals surface area (Å²) in [6.07, 6.45) is 2.50. The van der Waals surface area contributed by atoms with Crippen LogP contribution < -0.4 is 11.1 Å². The number of carbonyl (C=O) groups is 3. The van der Waals surface area contributed by atoms with Crippen LogP contribution in [0.5, 0.6) is 0 Å². The molecule has 8 heteroatoms. The van der Waals surface area contributed by atoms with Gasteiger partial charge in [0.1, 0.15) is 4.88 Å². The van der Waals surface area contributed by atoms with Crippen LogP contribution in [-0.4, -0.2) is 48.4 Å². The summed E-state index contributed by atoms with van der Waals surface area (Å²) in [5.74, 6) is -1.17. The molecule has 3 rings (SSSR count). The molecule has 1 aromatic carbocycles. The number of nitrogens with two attached hydrogens (primary N) is 1. The number of benzene rings is 1. The van der Waals surface area contributed by atoms with Crippen LogP contribution in [0.15, 0.2) is 36.4 Å². The highest BCUT2D eigenvalue weighted by molar-refractivity contribution is 7.18. The van der Waals surface area contributed by atoms with Crippen molar-refractivity contribution in [1.29, 1.82) is 0 Å². The van der Waals surface area contributed by atoms with E-state index >= 15 is 0 Å². The standard InChI is InChI=1S/C21H25N3O4S/c1-2-28-21(27)19-15(12-17(29-19)14-8-4-3-5-9-14)23-18(25)13-24-11-7-6-10-16(24)20(22)26/h3-5,8-9,12,16H,2,6-7,10-11,13H2,1H3,(H2,22,26)(H,23,25)/t16-/m1/s1.